The van der Waals surface area contributed by atoms with Gasteiger partial charge in [0.1, 0.15) is 12.1 Å². The number of fused-ring (bicyclic) bond motifs is 3. The van der Waals surface area contributed by atoms with Gasteiger partial charge in [0.25, 0.3) is 5.56 Å². The van der Waals surface area contributed by atoms with Crippen LogP contribution in [0.25, 0.3) is 21.8 Å². The molecule has 7 heteroatoms. The first kappa shape index (κ1) is 19.2. The Kier molecular flexibility index (Phi) is 5.36. The lowest BCUT2D eigenvalue weighted by atomic mass is 10.2. The predicted octanol–water partition coefficient (Wildman–Crippen LogP) is 3.73. The summed E-state index contributed by atoms with van der Waals surface area (Å²) in [7, 11) is 0. The number of rotatable bonds is 6. The standard InChI is InChI=1S/C22H21ClN4O2/c1-2-10-26-19-9-4-3-8-17(19)18-13-25-27(22(29)21(18)26)14-20(28)24-12-15-6-5-7-16(23)11-15/h3-9,11,13H,2,10,12,14H2,1H3,(H,24,28). The van der Waals surface area contributed by atoms with Crippen molar-refractivity contribution in [3.8, 4) is 0 Å². The number of amides is 1. The number of halogens is 1. The van der Waals surface area contributed by atoms with Crippen molar-refractivity contribution in [2.75, 3.05) is 0 Å². The van der Waals surface area contributed by atoms with Gasteiger partial charge in [-0.15, -0.1) is 0 Å². The van der Waals surface area contributed by atoms with E-state index in [1.165, 1.54) is 4.68 Å². The van der Waals surface area contributed by atoms with Crippen LogP contribution < -0.4 is 10.9 Å². The molecule has 0 saturated heterocycles. The summed E-state index contributed by atoms with van der Waals surface area (Å²) in [5.74, 6) is -0.280. The van der Waals surface area contributed by atoms with E-state index in [0.29, 0.717) is 17.1 Å². The SMILES string of the molecule is CCCn1c2ccccc2c2cnn(CC(=O)NCc3cccc(Cl)c3)c(=O)c21. The van der Waals surface area contributed by atoms with E-state index >= 15 is 0 Å². The average molecular weight is 409 g/mol. The van der Waals surface area contributed by atoms with Crippen molar-refractivity contribution in [1.82, 2.24) is 19.7 Å². The molecule has 4 rings (SSSR count). The summed E-state index contributed by atoms with van der Waals surface area (Å²) in [4.78, 5) is 25.5. The summed E-state index contributed by atoms with van der Waals surface area (Å²) in [6, 6.07) is 15.2. The second kappa shape index (κ2) is 8.09. The lowest BCUT2D eigenvalue weighted by molar-refractivity contribution is -0.122. The number of para-hydroxylation sites is 1. The molecular formula is C22H21ClN4O2. The zero-order chi connectivity index (χ0) is 20.4. The van der Waals surface area contributed by atoms with Crippen molar-refractivity contribution in [2.45, 2.75) is 33.0 Å². The summed E-state index contributed by atoms with van der Waals surface area (Å²) in [6.45, 7) is 3.00. The number of hydrogen-bond acceptors (Lipinski definition) is 3. The molecule has 1 amide bonds. The number of aromatic nitrogens is 3. The fourth-order valence-corrected chi connectivity index (χ4v) is 3.81. The van der Waals surface area contributed by atoms with Crippen LogP contribution in [0.4, 0.5) is 0 Å². The third-order valence-electron chi connectivity index (χ3n) is 4.89. The minimum absolute atomic E-state index is 0.136. The maximum Gasteiger partial charge on any atom is 0.291 e. The molecule has 6 nitrogen and oxygen atoms in total. The van der Waals surface area contributed by atoms with Crippen molar-refractivity contribution in [2.24, 2.45) is 0 Å². The molecule has 29 heavy (non-hydrogen) atoms. The number of carbonyl (C=O) groups is 1. The van der Waals surface area contributed by atoms with Crippen LogP contribution in [0.15, 0.2) is 59.5 Å². The molecule has 0 saturated carbocycles. The summed E-state index contributed by atoms with van der Waals surface area (Å²) in [6.07, 6.45) is 2.57. The number of hydrogen-bond donors (Lipinski definition) is 1. The van der Waals surface area contributed by atoms with Gasteiger partial charge in [0.15, 0.2) is 0 Å². The lowest BCUT2D eigenvalue weighted by Crippen LogP contribution is -2.33. The first-order chi connectivity index (χ1) is 14.1. The van der Waals surface area contributed by atoms with E-state index in [9.17, 15) is 9.59 Å². The third-order valence-corrected chi connectivity index (χ3v) is 5.13. The Labute approximate surface area is 172 Å². The van der Waals surface area contributed by atoms with E-state index in [4.69, 9.17) is 11.6 Å². The molecule has 0 aliphatic carbocycles. The Bertz CT molecular complexity index is 1260. The quantitative estimate of drug-likeness (QED) is 0.528. The minimum atomic E-state index is -0.280. The number of carbonyl (C=O) groups excluding carboxylic acids is 1. The van der Waals surface area contributed by atoms with Crippen LogP contribution in [-0.4, -0.2) is 20.3 Å². The Morgan fingerprint density at radius 2 is 1.97 bits per heavy atom. The van der Waals surface area contributed by atoms with Crippen molar-refractivity contribution in [3.63, 3.8) is 0 Å². The number of nitrogens with one attached hydrogen (secondary N) is 1. The fraction of sp³-hybridized carbons (Fsp3) is 0.227. The second-order valence-electron chi connectivity index (χ2n) is 6.95. The maximum absolute atomic E-state index is 13.1. The normalized spacial score (nSPS) is 11.2. The van der Waals surface area contributed by atoms with E-state index in [1.807, 2.05) is 41.0 Å². The van der Waals surface area contributed by atoms with Gasteiger partial charge < -0.3 is 9.88 Å². The van der Waals surface area contributed by atoms with Gasteiger partial charge in [-0.3, -0.25) is 9.59 Å². The summed E-state index contributed by atoms with van der Waals surface area (Å²) >= 11 is 5.97. The fourth-order valence-electron chi connectivity index (χ4n) is 3.60. The molecule has 2 aromatic heterocycles. The van der Waals surface area contributed by atoms with Gasteiger partial charge in [0.2, 0.25) is 5.91 Å². The summed E-state index contributed by atoms with van der Waals surface area (Å²) in [5.41, 5.74) is 2.23. The topological polar surface area (TPSA) is 68.9 Å². The number of nitrogens with zero attached hydrogens (tertiary/aromatic N) is 3. The molecule has 0 aliphatic heterocycles. The predicted molar refractivity (Wildman–Crippen MR) is 115 cm³/mol. The molecule has 0 unspecified atom stereocenters. The van der Waals surface area contributed by atoms with E-state index in [-0.39, 0.29) is 18.0 Å². The molecule has 0 atom stereocenters. The molecule has 4 aromatic rings. The van der Waals surface area contributed by atoms with E-state index in [1.54, 1.807) is 18.3 Å². The maximum atomic E-state index is 13.1. The Balaban J connectivity index is 1.63. The molecule has 0 aliphatic rings. The molecule has 0 bridgehead atoms. The second-order valence-corrected chi connectivity index (χ2v) is 7.38. The zero-order valence-electron chi connectivity index (χ0n) is 16.1. The van der Waals surface area contributed by atoms with Gasteiger partial charge in [-0.05, 0) is 30.2 Å². The molecule has 148 valence electrons. The Hall–Kier alpha value is -3.12. The Morgan fingerprint density at radius 3 is 2.76 bits per heavy atom. The van der Waals surface area contributed by atoms with Crippen molar-refractivity contribution < 1.29 is 4.79 Å². The summed E-state index contributed by atoms with van der Waals surface area (Å²) < 4.78 is 3.25. The monoisotopic (exact) mass is 408 g/mol. The lowest BCUT2D eigenvalue weighted by Gasteiger charge is -2.09. The third kappa shape index (κ3) is 3.76. The van der Waals surface area contributed by atoms with Crippen LogP contribution >= 0.6 is 11.6 Å². The van der Waals surface area contributed by atoms with Gasteiger partial charge in [-0.1, -0.05) is 48.9 Å². The van der Waals surface area contributed by atoms with Gasteiger partial charge in [-0.25, -0.2) is 4.68 Å². The van der Waals surface area contributed by atoms with Crippen molar-refractivity contribution in [1.29, 1.82) is 0 Å². The molecular weight excluding hydrogens is 388 g/mol. The van der Waals surface area contributed by atoms with Gasteiger partial charge >= 0.3 is 0 Å². The zero-order valence-corrected chi connectivity index (χ0v) is 16.8. The molecule has 2 heterocycles. The molecule has 0 spiro atoms. The van der Waals surface area contributed by atoms with E-state index in [0.717, 1.165) is 34.8 Å². The van der Waals surface area contributed by atoms with Gasteiger partial charge in [-0.2, -0.15) is 5.10 Å². The highest BCUT2D eigenvalue weighted by molar-refractivity contribution is 6.30. The van der Waals surface area contributed by atoms with Crippen LogP contribution in [0, 0.1) is 0 Å². The molecule has 0 fully saturated rings. The molecule has 2 aromatic carbocycles. The number of aryl methyl sites for hydroxylation is 1. The van der Waals surface area contributed by atoms with Crippen LogP contribution in [0.2, 0.25) is 5.02 Å². The van der Waals surface area contributed by atoms with Crippen molar-refractivity contribution in [3.05, 3.63) is 75.7 Å². The van der Waals surface area contributed by atoms with Gasteiger partial charge in [0.05, 0.1) is 6.20 Å². The first-order valence-corrected chi connectivity index (χ1v) is 9.94. The number of benzene rings is 2. The minimum Gasteiger partial charge on any atom is -0.350 e. The van der Waals surface area contributed by atoms with Crippen LogP contribution in [0.5, 0.6) is 0 Å². The largest absolute Gasteiger partial charge is 0.350 e. The Morgan fingerprint density at radius 1 is 1.14 bits per heavy atom. The van der Waals surface area contributed by atoms with E-state index < -0.39 is 0 Å². The highest BCUT2D eigenvalue weighted by atomic mass is 35.5. The molecule has 1 N–H and O–H groups in total. The highest BCUT2D eigenvalue weighted by Gasteiger charge is 2.16. The van der Waals surface area contributed by atoms with Crippen LogP contribution in [0.1, 0.15) is 18.9 Å². The van der Waals surface area contributed by atoms with Crippen LogP contribution in [0.3, 0.4) is 0 Å². The first-order valence-electron chi connectivity index (χ1n) is 9.56. The molecule has 0 radical (unpaired) electrons. The van der Waals surface area contributed by atoms with Crippen LogP contribution in [-0.2, 0) is 24.4 Å². The average Bonchev–Trinajstić information content (AvgIpc) is 3.04. The van der Waals surface area contributed by atoms with E-state index in [2.05, 4.69) is 17.3 Å². The summed E-state index contributed by atoms with van der Waals surface area (Å²) in [5, 5.41) is 9.49. The highest BCUT2D eigenvalue weighted by Crippen LogP contribution is 2.26. The smallest absolute Gasteiger partial charge is 0.291 e. The van der Waals surface area contributed by atoms with Crippen molar-refractivity contribution >= 4 is 39.3 Å². The van der Waals surface area contributed by atoms with Gasteiger partial charge in [0, 0.05) is 34.4 Å².